The number of nitro benzene ring substituents is 1. The van der Waals surface area contributed by atoms with E-state index in [0.29, 0.717) is 0 Å². The molecular weight excluding hydrogens is 381 g/mol. The van der Waals surface area contributed by atoms with E-state index in [4.69, 9.17) is 5.73 Å². The van der Waals surface area contributed by atoms with Crippen LogP contribution < -0.4 is 5.73 Å². The predicted octanol–water partition coefficient (Wildman–Crippen LogP) is 2.41. The molecule has 1 heterocycles. The van der Waals surface area contributed by atoms with Crippen molar-refractivity contribution in [3.05, 3.63) is 69.3 Å². The van der Waals surface area contributed by atoms with Crippen LogP contribution in [0.3, 0.4) is 0 Å². The van der Waals surface area contributed by atoms with Crippen LogP contribution in [-0.2, 0) is 12.7 Å². The molecule has 9 nitrogen and oxygen atoms in total. The molecule has 0 unspecified atom stereocenters. The van der Waals surface area contributed by atoms with Gasteiger partial charge in [-0.1, -0.05) is 12.1 Å². The number of nitrogens with zero attached hydrogens (tertiary/aromatic N) is 5. The highest BCUT2D eigenvalue weighted by Gasteiger charge is 2.30. The Balaban J connectivity index is 1.90. The van der Waals surface area contributed by atoms with Crippen molar-refractivity contribution in [1.82, 2.24) is 20.2 Å². The van der Waals surface area contributed by atoms with Gasteiger partial charge in [0.2, 0.25) is 11.7 Å². The summed E-state index contributed by atoms with van der Waals surface area (Å²) < 4.78 is 38.5. The highest BCUT2D eigenvalue weighted by molar-refractivity contribution is 5.93. The second-order valence-corrected chi connectivity index (χ2v) is 5.69. The van der Waals surface area contributed by atoms with Crippen molar-refractivity contribution in [1.29, 1.82) is 0 Å². The summed E-state index contributed by atoms with van der Waals surface area (Å²) in [6.45, 7) is -0.179. The number of hydrogen-bond acceptors (Lipinski definition) is 6. The normalized spacial score (nSPS) is 11.4. The number of primary amides is 1. The molecule has 0 atom stereocenters. The summed E-state index contributed by atoms with van der Waals surface area (Å²) >= 11 is 0. The largest absolute Gasteiger partial charge is 0.416 e. The molecule has 0 bridgehead atoms. The molecule has 0 fully saturated rings. The monoisotopic (exact) mass is 392 g/mol. The lowest BCUT2D eigenvalue weighted by atomic mass is 10.1. The maximum atomic E-state index is 12.8. The molecule has 0 aliphatic carbocycles. The highest BCUT2D eigenvalue weighted by atomic mass is 19.4. The summed E-state index contributed by atoms with van der Waals surface area (Å²) in [5.41, 5.74) is 4.12. The van der Waals surface area contributed by atoms with E-state index in [0.717, 1.165) is 23.0 Å². The average Bonchev–Trinajstić information content (AvgIpc) is 3.09. The lowest BCUT2D eigenvalue weighted by Crippen LogP contribution is -2.13. The van der Waals surface area contributed by atoms with E-state index in [-0.39, 0.29) is 34.7 Å². The van der Waals surface area contributed by atoms with E-state index in [1.165, 1.54) is 24.3 Å². The maximum absolute atomic E-state index is 12.8. The van der Waals surface area contributed by atoms with E-state index in [9.17, 15) is 28.1 Å². The van der Waals surface area contributed by atoms with Gasteiger partial charge in [0, 0.05) is 17.2 Å². The average molecular weight is 392 g/mol. The molecule has 2 aromatic carbocycles. The number of hydrogen-bond donors (Lipinski definition) is 1. The van der Waals surface area contributed by atoms with E-state index < -0.39 is 22.6 Å². The minimum atomic E-state index is -4.52. The third kappa shape index (κ3) is 3.95. The zero-order chi connectivity index (χ0) is 20.5. The second-order valence-electron chi connectivity index (χ2n) is 5.69. The van der Waals surface area contributed by atoms with Crippen molar-refractivity contribution in [2.75, 3.05) is 0 Å². The first kappa shape index (κ1) is 18.9. The molecule has 1 amide bonds. The van der Waals surface area contributed by atoms with E-state index >= 15 is 0 Å². The van der Waals surface area contributed by atoms with E-state index in [2.05, 4.69) is 15.4 Å². The molecule has 0 saturated heterocycles. The number of halogens is 3. The van der Waals surface area contributed by atoms with Gasteiger partial charge >= 0.3 is 6.18 Å². The lowest BCUT2D eigenvalue weighted by molar-refractivity contribution is -0.385. The number of carbonyl (C=O) groups is 1. The van der Waals surface area contributed by atoms with Gasteiger partial charge in [0.15, 0.2) is 0 Å². The summed E-state index contributed by atoms with van der Waals surface area (Å²) in [5.74, 6) is -0.886. The van der Waals surface area contributed by atoms with Crippen LogP contribution in [-0.4, -0.2) is 31.0 Å². The Morgan fingerprint density at radius 2 is 1.96 bits per heavy atom. The summed E-state index contributed by atoms with van der Waals surface area (Å²) in [4.78, 5) is 22.7. The summed E-state index contributed by atoms with van der Waals surface area (Å²) in [5, 5.41) is 22.6. The number of nitrogens with two attached hydrogens (primary N) is 1. The predicted molar refractivity (Wildman–Crippen MR) is 89.0 cm³/mol. The molecule has 2 N–H and O–H groups in total. The Labute approximate surface area is 154 Å². The number of rotatable bonds is 5. The molecule has 144 valence electrons. The molecule has 0 aliphatic rings. The smallest absolute Gasteiger partial charge is 0.366 e. The molecule has 28 heavy (non-hydrogen) atoms. The van der Waals surface area contributed by atoms with Crippen molar-refractivity contribution < 1.29 is 22.9 Å². The Morgan fingerprint density at radius 3 is 2.61 bits per heavy atom. The zero-order valence-electron chi connectivity index (χ0n) is 13.9. The van der Waals surface area contributed by atoms with Gasteiger partial charge in [-0.2, -0.15) is 18.0 Å². The quantitative estimate of drug-likeness (QED) is 0.524. The first-order valence-corrected chi connectivity index (χ1v) is 7.67. The SMILES string of the molecule is NC(=O)c1ccc(Cn2nnc(-c3cccc(C(F)(F)F)c3)n2)c([N+](=O)[O-])c1. The number of benzene rings is 2. The van der Waals surface area contributed by atoms with Gasteiger partial charge in [0.05, 0.1) is 22.6 Å². The molecule has 0 saturated carbocycles. The first-order chi connectivity index (χ1) is 13.1. The van der Waals surface area contributed by atoms with Gasteiger partial charge in [-0.15, -0.1) is 10.2 Å². The molecule has 0 aliphatic heterocycles. The van der Waals surface area contributed by atoms with Crippen LogP contribution in [0.5, 0.6) is 0 Å². The van der Waals surface area contributed by atoms with Crippen molar-refractivity contribution >= 4 is 11.6 Å². The Hall–Kier alpha value is -3.83. The molecule has 3 rings (SSSR count). The number of alkyl halides is 3. The second kappa shape index (κ2) is 7.06. The fraction of sp³-hybridized carbons (Fsp3) is 0.125. The minimum absolute atomic E-state index is 0.0355. The van der Waals surface area contributed by atoms with E-state index in [1.807, 2.05) is 0 Å². The molecule has 12 heteroatoms. The molecule has 0 spiro atoms. The van der Waals surface area contributed by atoms with Gasteiger partial charge in [-0.3, -0.25) is 14.9 Å². The molecule has 0 radical (unpaired) electrons. The van der Waals surface area contributed by atoms with Gasteiger partial charge in [-0.05, 0) is 29.5 Å². The minimum Gasteiger partial charge on any atom is -0.366 e. The number of aromatic nitrogens is 4. The Kier molecular flexibility index (Phi) is 4.78. The Bertz CT molecular complexity index is 1060. The molecule has 1 aromatic heterocycles. The van der Waals surface area contributed by atoms with Crippen molar-refractivity contribution in [2.45, 2.75) is 12.7 Å². The van der Waals surface area contributed by atoms with Gasteiger partial charge in [0.1, 0.15) is 0 Å². The number of tetrazole rings is 1. The van der Waals surface area contributed by atoms with Crippen LogP contribution in [0.4, 0.5) is 18.9 Å². The zero-order valence-corrected chi connectivity index (χ0v) is 13.9. The fourth-order valence-electron chi connectivity index (χ4n) is 2.43. The maximum Gasteiger partial charge on any atom is 0.416 e. The van der Waals surface area contributed by atoms with E-state index in [1.54, 1.807) is 0 Å². The topological polar surface area (TPSA) is 130 Å². The molecule has 3 aromatic rings. The van der Waals surface area contributed by atoms with Crippen molar-refractivity contribution in [3.63, 3.8) is 0 Å². The van der Waals surface area contributed by atoms with Crippen LogP contribution in [0.15, 0.2) is 42.5 Å². The number of nitro groups is 1. The van der Waals surface area contributed by atoms with Gasteiger partial charge in [0.25, 0.3) is 5.69 Å². The summed E-state index contributed by atoms with van der Waals surface area (Å²) in [6.07, 6.45) is -4.52. The highest BCUT2D eigenvalue weighted by Crippen LogP contribution is 2.31. The fourth-order valence-corrected chi connectivity index (χ4v) is 2.43. The van der Waals surface area contributed by atoms with Crippen molar-refractivity contribution in [2.24, 2.45) is 5.73 Å². The summed E-state index contributed by atoms with van der Waals surface area (Å²) in [6, 6.07) is 8.07. The lowest BCUT2D eigenvalue weighted by Gasteiger charge is -2.06. The van der Waals surface area contributed by atoms with Crippen LogP contribution >= 0.6 is 0 Å². The van der Waals surface area contributed by atoms with Crippen molar-refractivity contribution in [3.8, 4) is 11.4 Å². The number of amides is 1. The summed E-state index contributed by atoms with van der Waals surface area (Å²) in [7, 11) is 0. The standard InChI is InChI=1S/C16H11F3N6O3/c17-16(18,19)12-3-1-2-10(6-12)15-21-23-24(22-15)8-11-5-4-9(14(20)26)7-13(11)25(27)28/h1-7H,8H2,(H2,20,26). The van der Waals surface area contributed by atoms with Gasteiger partial charge < -0.3 is 5.73 Å². The van der Waals surface area contributed by atoms with Crippen LogP contribution in [0.1, 0.15) is 21.5 Å². The third-order valence-electron chi connectivity index (χ3n) is 3.78. The van der Waals surface area contributed by atoms with Crippen LogP contribution in [0, 0.1) is 10.1 Å². The first-order valence-electron chi connectivity index (χ1n) is 7.67. The van der Waals surface area contributed by atoms with Gasteiger partial charge in [-0.25, -0.2) is 0 Å². The Morgan fingerprint density at radius 1 is 1.21 bits per heavy atom. The van der Waals surface area contributed by atoms with Crippen LogP contribution in [0.25, 0.3) is 11.4 Å². The molecular formula is C16H11F3N6O3. The number of carbonyl (C=O) groups excluding carboxylic acids is 1. The third-order valence-corrected chi connectivity index (χ3v) is 3.78. The van der Waals surface area contributed by atoms with Crippen LogP contribution in [0.2, 0.25) is 0 Å².